The highest BCUT2D eigenvalue weighted by Gasteiger charge is 2.01. The molecule has 0 unspecified atom stereocenters. The monoisotopic (exact) mass is 264 g/mol. The van der Waals surface area contributed by atoms with Gasteiger partial charge in [0.2, 0.25) is 0 Å². The number of nitrogens with zero attached hydrogens (tertiary/aromatic N) is 1. The molecule has 0 saturated carbocycles. The van der Waals surface area contributed by atoms with Gasteiger partial charge in [-0.3, -0.25) is 0 Å². The van der Waals surface area contributed by atoms with Crippen LogP contribution in [0.3, 0.4) is 0 Å². The van der Waals surface area contributed by atoms with E-state index < -0.39 is 0 Å². The van der Waals surface area contributed by atoms with Gasteiger partial charge in [-0.05, 0) is 30.0 Å². The van der Waals surface area contributed by atoms with Crippen molar-refractivity contribution in [1.29, 1.82) is 0 Å². The number of nitrogens with one attached hydrogen (secondary N) is 1. The minimum absolute atomic E-state index is 0.760. The summed E-state index contributed by atoms with van der Waals surface area (Å²) in [5.41, 5.74) is 1.34. The topological polar surface area (TPSA) is 26.2 Å². The maximum absolute atomic E-state index is 5.02. The van der Waals surface area contributed by atoms with Crippen LogP contribution in [0.2, 0.25) is 0 Å². The Morgan fingerprint density at radius 1 is 1.33 bits per heavy atom. The highest BCUT2D eigenvalue weighted by atomic mass is 32.1. The number of thiophene rings is 1. The van der Waals surface area contributed by atoms with E-state index in [1.54, 1.807) is 7.11 Å². The van der Waals surface area contributed by atoms with Gasteiger partial charge in [-0.25, -0.2) is 0 Å². The highest BCUT2D eigenvalue weighted by molar-refractivity contribution is 7.09. The van der Waals surface area contributed by atoms with Crippen molar-refractivity contribution < 1.29 is 4.74 Å². The van der Waals surface area contributed by atoms with Crippen LogP contribution < -0.4 is 5.32 Å². The Morgan fingerprint density at radius 2 is 2.28 bits per heavy atom. The molecule has 98 valence electrons. The first-order valence-electron chi connectivity index (χ1n) is 6.26. The molecule has 2 aromatic heterocycles. The lowest BCUT2D eigenvalue weighted by molar-refractivity contribution is 0.199. The number of hydrogen-bond donors (Lipinski definition) is 1. The fourth-order valence-electron chi connectivity index (χ4n) is 1.90. The second kappa shape index (κ2) is 7.36. The molecule has 0 bridgehead atoms. The maximum Gasteiger partial charge on any atom is 0.0587 e. The fraction of sp³-hybridized carbons (Fsp3) is 0.429. The Balaban J connectivity index is 1.79. The van der Waals surface area contributed by atoms with Crippen molar-refractivity contribution in [2.75, 3.05) is 20.3 Å². The van der Waals surface area contributed by atoms with E-state index in [-0.39, 0.29) is 0 Å². The lowest BCUT2D eigenvalue weighted by Gasteiger charge is -2.09. The van der Waals surface area contributed by atoms with E-state index in [1.807, 2.05) is 11.3 Å². The quantitative estimate of drug-likeness (QED) is 0.742. The molecule has 3 nitrogen and oxygen atoms in total. The van der Waals surface area contributed by atoms with Gasteiger partial charge in [0.15, 0.2) is 0 Å². The third-order valence-corrected chi connectivity index (χ3v) is 3.83. The van der Waals surface area contributed by atoms with Crippen LogP contribution in [0, 0.1) is 0 Å². The van der Waals surface area contributed by atoms with Gasteiger partial charge in [-0.15, -0.1) is 11.3 Å². The van der Waals surface area contributed by atoms with Gasteiger partial charge in [-0.2, -0.15) is 0 Å². The van der Waals surface area contributed by atoms with Crippen LogP contribution in [0.5, 0.6) is 0 Å². The van der Waals surface area contributed by atoms with Crippen LogP contribution in [0.25, 0.3) is 0 Å². The van der Waals surface area contributed by atoms with Gasteiger partial charge in [0.05, 0.1) is 6.61 Å². The van der Waals surface area contributed by atoms with E-state index in [1.165, 1.54) is 10.6 Å². The summed E-state index contributed by atoms with van der Waals surface area (Å²) in [4.78, 5) is 1.45. The molecule has 0 aromatic carbocycles. The Hall–Kier alpha value is -1.10. The molecule has 0 spiro atoms. The molecule has 0 aliphatic carbocycles. The van der Waals surface area contributed by atoms with Gasteiger partial charge in [0.25, 0.3) is 0 Å². The summed E-state index contributed by atoms with van der Waals surface area (Å²) in [5, 5.41) is 5.52. The number of hydrogen-bond acceptors (Lipinski definition) is 3. The zero-order chi connectivity index (χ0) is 12.6. The van der Waals surface area contributed by atoms with Crippen molar-refractivity contribution in [2.24, 2.45) is 0 Å². The lowest BCUT2D eigenvalue weighted by atomic mass is 10.3. The highest BCUT2D eigenvalue weighted by Crippen LogP contribution is 2.11. The molecule has 1 N–H and O–H groups in total. The lowest BCUT2D eigenvalue weighted by Crippen LogP contribution is -2.20. The molecule has 2 aromatic rings. The second-order valence-corrected chi connectivity index (χ2v) is 5.22. The summed E-state index contributed by atoms with van der Waals surface area (Å²) in [6, 6.07) is 8.60. The molecule has 0 aliphatic rings. The fourth-order valence-corrected chi connectivity index (χ4v) is 2.60. The molecule has 2 heterocycles. The zero-order valence-corrected chi connectivity index (χ0v) is 11.6. The summed E-state index contributed by atoms with van der Waals surface area (Å²) in [6.45, 7) is 3.61. The Kier molecular flexibility index (Phi) is 5.45. The van der Waals surface area contributed by atoms with E-state index in [2.05, 4.69) is 45.7 Å². The predicted octanol–water partition coefficient (Wildman–Crippen LogP) is 2.53. The van der Waals surface area contributed by atoms with Crippen molar-refractivity contribution in [2.45, 2.75) is 19.5 Å². The number of ether oxygens (including phenoxy) is 1. The van der Waals surface area contributed by atoms with E-state index in [0.29, 0.717) is 0 Å². The Bertz CT molecular complexity index is 436. The first-order chi connectivity index (χ1) is 8.90. The third-order valence-electron chi connectivity index (χ3n) is 2.89. The average molecular weight is 264 g/mol. The van der Waals surface area contributed by atoms with Gasteiger partial charge < -0.3 is 14.6 Å². The van der Waals surface area contributed by atoms with Gasteiger partial charge in [0, 0.05) is 43.5 Å². The normalized spacial score (nSPS) is 10.9. The van der Waals surface area contributed by atoms with E-state index >= 15 is 0 Å². The minimum Gasteiger partial charge on any atom is -0.383 e. The number of aromatic nitrogens is 1. The summed E-state index contributed by atoms with van der Waals surface area (Å²) in [6.07, 6.45) is 3.26. The molecule has 0 aliphatic heterocycles. The molecule has 0 fully saturated rings. The van der Waals surface area contributed by atoms with Crippen molar-refractivity contribution >= 4 is 11.3 Å². The molecule has 0 atom stereocenters. The molecule has 2 rings (SSSR count). The van der Waals surface area contributed by atoms with Crippen LogP contribution in [-0.2, 0) is 24.2 Å². The average Bonchev–Trinajstić information content (AvgIpc) is 3.03. The van der Waals surface area contributed by atoms with Gasteiger partial charge in [0.1, 0.15) is 0 Å². The maximum atomic E-state index is 5.02. The molecular formula is C14H20N2OS. The number of rotatable bonds is 8. The Labute approximate surface area is 112 Å². The largest absolute Gasteiger partial charge is 0.383 e. The molecule has 18 heavy (non-hydrogen) atoms. The Morgan fingerprint density at radius 3 is 3.06 bits per heavy atom. The third kappa shape index (κ3) is 3.98. The van der Waals surface area contributed by atoms with Crippen LogP contribution in [0.15, 0.2) is 35.8 Å². The summed E-state index contributed by atoms with van der Waals surface area (Å²) >= 11 is 1.83. The van der Waals surface area contributed by atoms with Crippen molar-refractivity contribution in [1.82, 2.24) is 9.88 Å². The van der Waals surface area contributed by atoms with Crippen molar-refractivity contribution in [3.63, 3.8) is 0 Å². The number of aryl methyl sites for hydroxylation is 2. The molecule has 4 heteroatoms. The van der Waals surface area contributed by atoms with Crippen LogP contribution in [-0.4, -0.2) is 24.8 Å². The molecule has 0 amide bonds. The van der Waals surface area contributed by atoms with Crippen molar-refractivity contribution in [3.05, 3.63) is 46.4 Å². The zero-order valence-electron chi connectivity index (χ0n) is 10.8. The van der Waals surface area contributed by atoms with Crippen molar-refractivity contribution in [3.8, 4) is 0 Å². The first kappa shape index (κ1) is 13.3. The van der Waals surface area contributed by atoms with Crippen LogP contribution >= 0.6 is 11.3 Å². The molecular weight excluding hydrogens is 244 g/mol. The number of methoxy groups -OCH3 is 1. The smallest absolute Gasteiger partial charge is 0.0587 e. The molecule has 0 saturated heterocycles. The summed E-state index contributed by atoms with van der Waals surface area (Å²) in [5.74, 6) is 0. The van der Waals surface area contributed by atoms with Gasteiger partial charge in [-0.1, -0.05) is 6.07 Å². The standard InChI is InChI=1S/C14H20N2OS/c1-17-10-7-15-12-13-4-2-8-16(13)9-6-14-5-3-11-18-14/h2-5,8,11,15H,6-7,9-10,12H2,1H3. The summed E-state index contributed by atoms with van der Waals surface area (Å²) in [7, 11) is 1.73. The minimum atomic E-state index is 0.760. The van der Waals surface area contributed by atoms with Gasteiger partial charge >= 0.3 is 0 Å². The SMILES string of the molecule is COCCNCc1cccn1CCc1cccs1. The van der Waals surface area contributed by atoms with Crippen LogP contribution in [0.4, 0.5) is 0 Å². The molecule has 0 radical (unpaired) electrons. The predicted molar refractivity (Wildman–Crippen MR) is 76.0 cm³/mol. The summed E-state index contributed by atoms with van der Waals surface area (Å²) < 4.78 is 7.34. The van der Waals surface area contributed by atoms with Crippen LogP contribution in [0.1, 0.15) is 10.6 Å². The van der Waals surface area contributed by atoms with E-state index in [4.69, 9.17) is 4.74 Å². The van der Waals surface area contributed by atoms with E-state index in [9.17, 15) is 0 Å². The first-order valence-corrected chi connectivity index (χ1v) is 7.14. The second-order valence-electron chi connectivity index (χ2n) is 4.19. The van der Waals surface area contributed by atoms with E-state index in [0.717, 1.165) is 32.7 Å².